The van der Waals surface area contributed by atoms with E-state index in [1.165, 1.54) is 0 Å². The average Bonchev–Trinajstić information content (AvgIpc) is 2.63. The highest BCUT2D eigenvalue weighted by Gasteiger charge is 2.19. The minimum absolute atomic E-state index is 0.601. The molecular formula is C20H18O3. The maximum absolute atomic E-state index is 6.04. The lowest BCUT2D eigenvalue weighted by Gasteiger charge is -2.22. The minimum atomic E-state index is -0.601. The van der Waals surface area contributed by atoms with Crippen molar-refractivity contribution in [2.75, 3.05) is 7.11 Å². The van der Waals surface area contributed by atoms with E-state index in [1.807, 2.05) is 84.9 Å². The zero-order valence-corrected chi connectivity index (χ0v) is 12.9. The second kappa shape index (κ2) is 7.36. The van der Waals surface area contributed by atoms with Crippen molar-refractivity contribution in [1.82, 2.24) is 0 Å². The zero-order valence-electron chi connectivity index (χ0n) is 12.9. The van der Waals surface area contributed by atoms with Gasteiger partial charge < -0.3 is 14.2 Å². The SMILES string of the molecule is COc1ccccc1C(Oc1ccccc1)Oc1ccccc1. The molecule has 3 aromatic rings. The van der Waals surface area contributed by atoms with Crippen molar-refractivity contribution in [2.24, 2.45) is 0 Å². The van der Waals surface area contributed by atoms with E-state index < -0.39 is 6.29 Å². The standard InChI is InChI=1S/C20H18O3/c1-21-19-15-9-8-14-18(19)20(22-16-10-4-2-5-11-16)23-17-12-6-3-7-13-17/h2-15,20H,1H3. The number of methoxy groups -OCH3 is 1. The molecule has 0 fully saturated rings. The van der Waals surface area contributed by atoms with E-state index in [-0.39, 0.29) is 0 Å². The maximum Gasteiger partial charge on any atom is 0.271 e. The molecule has 3 rings (SSSR count). The molecule has 3 nitrogen and oxygen atoms in total. The highest BCUT2D eigenvalue weighted by Crippen LogP contribution is 2.31. The molecule has 0 aromatic heterocycles. The van der Waals surface area contributed by atoms with Crippen LogP contribution in [0.4, 0.5) is 0 Å². The van der Waals surface area contributed by atoms with E-state index in [2.05, 4.69) is 0 Å². The van der Waals surface area contributed by atoms with Gasteiger partial charge in [0.1, 0.15) is 17.2 Å². The lowest BCUT2D eigenvalue weighted by atomic mass is 10.2. The van der Waals surface area contributed by atoms with Crippen LogP contribution in [0.5, 0.6) is 17.2 Å². The van der Waals surface area contributed by atoms with Gasteiger partial charge in [0.15, 0.2) is 0 Å². The fourth-order valence-corrected chi connectivity index (χ4v) is 2.26. The molecule has 0 N–H and O–H groups in total. The molecule has 0 saturated carbocycles. The van der Waals surface area contributed by atoms with Crippen LogP contribution in [-0.4, -0.2) is 7.11 Å². The third-order valence-corrected chi connectivity index (χ3v) is 3.37. The zero-order chi connectivity index (χ0) is 15.9. The summed E-state index contributed by atoms with van der Waals surface area (Å²) in [5.41, 5.74) is 0.836. The summed E-state index contributed by atoms with van der Waals surface area (Å²) in [6.07, 6.45) is -0.601. The summed E-state index contributed by atoms with van der Waals surface area (Å²) >= 11 is 0. The second-order valence-corrected chi connectivity index (χ2v) is 4.94. The van der Waals surface area contributed by atoms with Crippen LogP contribution in [0.25, 0.3) is 0 Å². The Morgan fingerprint density at radius 3 is 1.61 bits per heavy atom. The molecule has 0 heterocycles. The summed E-state index contributed by atoms with van der Waals surface area (Å²) in [6.45, 7) is 0. The molecule has 0 radical (unpaired) electrons. The van der Waals surface area contributed by atoms with Crippen LogP contribution in [0.2, 0.25) is 0 Å². The van der Waals surface area contributed by atoms with Crippen molar-refractivity contribution in [2.45, 2.75) is 6.29 Å². The lowest BCUT2D eigenvalue weighted by Crippen LogP contribution is -2.16. The Morgan fingerprint density at radius 1 is 0.609 bits per heavy atom. The van der Waals surface area contributed by atoms with Crippen LogP contribution in [-0.2, 0) is 0 Å². The molecule has 3 aromatic carbocycles. The molecule has 0 amide bonds. The molecule has 0 spiro atoms. The van der Waals surface area contributed by atoms with Gasteiger partial charge in [0.2, 0.25) is 0 Å². The molecule has 0 bridgehead atoms. The molecule has 0 atom stereocenters. The minimum Gasteiger partial charge on any atom is -0.496 e. The van der Waals surface area contributed by atoms with Crippen molar-refractivity contribution >= 4 is 0 Å². The van der Waals surface area contributed by atoms with Gasteiger partial charge in [0, 0.05) is 0 Å². The van der Waals surface area contributed by atoms with Crippen LogP contribution in [0.15, 0.2) is 84.9 Å². The van der Waals surface area contributed by atoms with E-state index >= 15 is 0 Å². The van der Waals surface area contributed by atoms with E-state index in [9.17, 15) is 0 Å². The molecule has 0 aliphatic heterocycles. The first-order chi connectivity index (χ1) is 11.4. The Kier molecular flexibility index (Phi) is 4.79. The topological polar surface area (TPSA) is 27.7 Å². The van der Waals surface area contributed by atoms with Gasteiger partial charge in [-0.3, -0.25) is 0 Å². The second-order valence-electron chi connectivity index (χ2n) is 4.94. The molecule has 23 heavy (non-hydrogen) atoms. The summed E-state index contributed by atoms with van der Waals surface area (Å²) in [4.78, 5) is 0. The number of benzene rings is 3. The van der Waals surface area contributed by atoms with Crippen molar-refractivity contribution < 1.29 is 14.2 Å². The first-order valence-electron chi connectivity index (χ1n) is 7.43. The molecule has 0 aliphatic rings. The van der Waals surface area contributed by atoms with Crippen LogP contribution >= 0.6 is 0 Å². The Morgan fingerprint density at radius 2 is 1.09 bits per heavy atom. The van der Waals surface area contributed by atoms with E-state index in [0.29, 0.717) is 0 Å². The first kappa shape index (κ1) is 15.0. The Balaban J connectivity index is 1.92. The maximum atomic E-state index is 6.04. The summed E-state index contributed by atoms with van der Waals surface area (Å²) < 4.78 is 17.5. The van der Waals surface area contributed by atoms with Gasteiger partial charge in [0.25, 0.3) is 6.29 Å². The van der Waals surface area contributed by atoms with Crippen LogP contribution in [0, 0.1) is 0 Å². The molecule has 3 heteroatoms. The number of hydrogen-bond acceptors (Lipinski definition) is 3. The smallest absolute Gasteiger partial charge is 0.271 e. The van der Waals surface area contributed by atoms with Gasteiger partial charge in [-0.25, -0.2) is 0 Å². The number of rotatable bonds is 6. The van der Waals surface area contributed by atoms with Gasteiger partial charge in [-0.1, -0.05) is 48.5 Å². The Bertz CT molecular complexity index is 685. The molecular weight excluding hydrogens is 288 g/mol. The molecule has 0 aliphatic carbocycles. The van der Waals surface area contributed by atoms with Gasteiger partial charge in [-0.2, -0.15) is 0 Å². The Hall–Kier alpha value is -2.94. The summed E-state index contributed by atoms with van der Waals surface area (Å²) in [5.74, 6) is 2.20. The summed E-state index contributed by atoms with van der Waals surface area (Å²) in [5, 5.41) is 0. The van der Waals surface area contributed by atoms with Crippen molar-refractivity contribution in [1.29, 1.82) is 0 Å². The van der Waals surface area contributed by atoms with Crippen LogP contribution < -0.4 is 14.2 Å². The Labute approximate surface area is 136 Å². The number of ether oxygens (including phenoxy) is 3. The van der Waals surface area contributed by atoms with Crippen LogP contribution in [0.1, 0.15) is 11.9 Å². The molecule has 116 valence electrons. The monoisotopic (exact) mass is 306 g/mol. The quantitative estimate of drug-likeness (QED) is 0.609. The highest BCUT2D eigenvalue weighted by molar-refractivity contribution is 5.36. The van der Waals surface area contributed by atoms with Crippen LogP contribution in [0.3, 0.4) is 0 Å². The van der Waals surface area contributed by atoms with Crippen molar-refractivity contribution in [3.8, 4) is 17.2 Å². The van der Waals surface area contributed by atoms with Crippen molar-refractivity contribution in [3.63, 3.8) is 0 Å². The average molecular weight is 306 g/mol. The summed E-state index contributed by atoms with van der Waals surface area (Å²) in [6, 6.07) is 26.9. The highest BCUT2D eigenvalue weighted by atomic mass is 16.7. The first-order valence-corrected chi connectivity index (χ1v) is 7.43. The van der Waals surface area contributed by atoms with Crippen molar-refractivity contribution in [3.05, 3.63) is 90.5 Å². The fourth-order valence-electron chi connectivity index (χ4n) is 2.26. The van der Waals surface area contributed by atoms with Gasteiger partial charge in [-0.15, -0.1) is 0 Å². The predicted molar refractivity (Wildman–Crippen MR) is 89.9 cm³/mol. The molecule has 0 unspecified atom stereocenters. The third-order valence-electron chi connectivity index (χ3n) is 3.37. The number of para-hydroxylation sites is 3. The lowest BCUT2D eigenvalue weighted by molar-refractivity contribution is 0.00210. The largest absolute Gasteiger partial charge is 0.496 e. The summed E-state index contributed by atoms with van der Waals surface area (Å²) in [7, 11) is 1.64. The normalized spacial score (nSPS) is 10.3. The fraction of sp³-hybridized carbons (Fsp3) is 0.100. The van der Waals surface area contributed by atoms with Gasteiger partial charge in [0.05, 0.1) is 12.7 Å². The third kappa shape index (κ3) is 3.83. The van der Waals surface area contributed by atoms with E-state index in [0.717, 1.165) is 22.8 Å². The van der Waals surface area contributed by atoms with Gasteiger partial charge >= 0.3 is 0 Å². The molecule has 0 saturated heterocycles. The predicted octanol–water partition coefficient (Wildman–Crippen LogP) is 4.85. The van der Waals surface area contributed by atoms with E-state index in [1.54, 1.807) is 7.11 Å². The van der Waals surface area contributed by atoms with Gasteiger partial charge in [-0.05, 0) is 36.4 Å². The van der Waals surface area contributed by atoms with E-state index in [4.69, 9.17) is 14.2 Å². The number of hydrogen-bond donors (Lipinski definition) is 0.